The standard InChI is InChI=1S/C35H44O15/c1-20(36)43-19-27-30(45-21(2)37)32(46-22(3)38)33(47-23(4)39)35(49-27)50-31-28(40)29(44-17-25-14-10-7-11-15-25)26(48-34(31)41-5)18-42-16-24-12-8-6-9-13-24/h6-15,26-35,40H,16-19H2,1-5H3/t26-,27-,28+,29-,30-,31+,32+,33+,34+,35-/m1/s1. The molecule has 2 saturated heterocycles. The molecule has 2 aromatic carbocycles. The lowest BCUT2D eigenvalue weighted by atomic mass is 9.96. The van der Waals surface area contributed by atoms with Gasteiger partial charge in [0.15, 0.2) is 30.9 Å². The van der Waals surface area contributed by atoms with Gasteiger partial charge in [0.05, 0.1) is 19.8 Å². The first-order valence-electron chi connectivity index (χ1n) is 16.1. The monoisotopic (exact) mass is 704 g/mol. The Kier molecular flexibility index (Phi) is 14.7. The van der Waals surface area contributed by atoms with Gasteiger partial charge in [-0.15, -0.1) is 0 Å². The Bertz CT molecular complexity index is 1390. The molecule has 0 unspecified atom stereocenters. The van der Waals surface area contributed by atoms with Gasteiger partial charge in [-0.2, -0.15) is 0 Å². The van der Waals surface area contributed by atoms with Gasteiger partial charge in [0.2, 0.25) is 0 Å². The molecule has 2 aliphatic heterocycles. The highest BCUT2D eigenvalue weighted by Crippen LogP contribution is 2.34. The van der Waals surface area contributed by atoms with Crippen molar-refractivity contribution in [2.45, 2.75) is 102 Å². The van der Waals surface area contributed by atoms with E-state index in [1.54, 1.807) is 0 Å². The fourth-order valence-electron chi connectivity index (χ4n) is 5.66. The largest absolute Gasteiger partial charge is 0.463 e. The minimum Gasteiger partial charge on any atom is -0.463 e. The molecule has 0 amide bonds. The molecule has 0 bridgehead atoms. The second kappa shape index (κ2) is 18.9. The highest BCUT2D eigenvalue weighted by atomic mass is 16.8. The highest BCUT2D eigenvalue weighted by molar-refractivity contribution is 5.68. The van der Waals surface area contributed by atoms with Crippen LogP contribution in [0.2, 0.25) is 0 Å². The van der Waals surface area contributed by atoms with Crippen LogP contribution in [0, 0.1) is 0 Å². The molecule has 15 nitrogen and oxygen atoms in total. The molecule has 2 heterocycles. The highest BCUT2D eigenvalue weighted by Gasteiger charge is 2.56. The van der Waals surface area contributed by atoms with Crippen LogP contribution < -0.4 is 0 Å². The van der Waals surface area contributed by atoms with Gasteiger partial charge in [-0.25, -0.2) is 0 Å². The summed E-state index contributed by atoms with van der Waals surface area (Å²) in [5.74, 6) is -3.07. The predicted molar refractivity (Wildman–Crippen MR) is 170 cm³/mol. The lowest BCUT2D eigenvalue weighted by Crippen LogP contribution is -2.66. The maximum atomic E-state index is 12.3. The van der Waals surface area contributed by atoms with Crippen molar-refractivity contribution in [2.24, 2.45) is 0 Å². The molecule has 1 N–H and O–H groups in total. The summed E-state index contributed by atoms with van der Waals surface area (Å²) >= 11 is 0. The first kappa shape index (κ1) is 38.8. The Labute approximate surface area is 289 Å². The minimum atomic E-state index is -1.60. The molecule has 0 radical (unpaired) electrons. The average Bonchev–Trinajstić information content (AvgIpc) is 3.07. The fraction of sp³-hybridized carbons (Fsp3) is 0.543. The molecule has 2 fully saturated rings. The summed E-state index contributed by atoms with van der Waals surface area (Å²) in [6, 6.07) is 18.8. The van der Waals surface area contributed by atoms with Gasteiger partial charge in [0.1, 0.15) is 37.1 Å². The van der Waals surface area contributed by atoms with Crippen LogP contribution in [0.4, 0.5) is 0 Å². The SMILES string of the molecule is CO[C@H]1O[C@H](COCc2ccccc2)[C@@H](OCc2ccccc2)[C@H](O)[C@@H]1O[C@H]1O[C@H](COC(C)=O)[C@@H](OC(C)=O)[C@H](OC(C)=O)[C@@H]1OC(C)=O. The first-order chi connectivity index (χ1) is 24.0. The number of aliphatic hydroxyl groups excluding tert-OH is 1. The maximum absolute atomic E-state index is 12.3. The number of carbonyl (C=O) groups excluding carboxylic acids is 4. The van der Waals surface area contributed by atoms with E-state index in [0.717, 1.165) is 38.8 Å². The van der Waals surface area contributed by atoms with Crippen molar-refractivity contribution in [1.29, 1.82) is 0 Å². The van der Waals surface area contributed by atoms with E-state index in [1.165, 1.54) is 7.11 Å². The van der Waals surface area contributed by atoms with Crippen molar-refractivity contribution < 1.29 is 71.7 Å². The third kappa shape index (κ3) is 11.0. The lowest BCUT2D eigenvalue weighted by molar-refractivity contribution is -0.368. The Morgan fingerprint density at radius 1 is 0.620 bits per heavy atom. The minimum absolute atomic E-state index is 0.0110. The first-order valence-corrected chi connectivity index (χ1v) is 16.1. The number of methoxy groups -OCH3 is 1. The molecule has 15 heteroatoms. The average molecular weight is 705 g/mol. The molecule has 50 heavy (non-hydrogen) atoms. The zero-order chi connectivity index (χ0) is 36.2. The number of rotatable bonds is 15. The Morgan fingerprint density at radius 2 is 1.14 bits per heavy atom. The fourth-order valence-corrected chi connectivity index (χ4v) is 5.66. The van der Waals surface area contributed by atoms with E-state index in [-0.39, 0.29) is 19.8 Å². The molecule has 0 aromatic heterocycles. The van der Waals surface area contributed by atoms with Crippen molar-refractivity contribution in [3.8, 4) is 0 Å². The normalized spacial score (nSPS) is 29.4. The van der Waals surface area contributed by atoms with Crippen LogP contribution in [0.5, 0.6) is 0 Å². The van der Waals surface area contributed by atoms with Gasteiger partial charge in [-0.3, -0.25) is 19.2 Å². The van der Waals surface area contributed by atoms with E-state index >= 15 is 0 Å². The third-order valence-corrected chi connectivity index (χ3v) is 7.77. The molecule has 0 aliphatic carbocycles. The predicted octanol–water partition coefficient (Wildman–Crippen LogP) is 1.99. The summed E-state index contributed by atoms with van der Waals surface area (Å²) in [5.41, 5.74) is 1.76. The maximum Gasteiger partial charge on any atom is 0.303 e. The van der Waals surface area contributed by atoms with E-state index in [2.05, 4.69) is 0 Å². The molecule has 2 aliphatic rings. The van der Waals surface area contributed by atoms with Crippen molar-refractivity contribution in [2.75, 3.05) is 20.3 Å². The van der Waals surface area contributed by atoms with Gasteiger partial charge in [0, 0.05) is 34.8 Å². The summed E-state index contributed by atoms with van der Waals surface area (Å²) in [4.78, 5) is 48.4. The summed E-state index contributed by atoms with van der Waals surface area (Å²) in [5, 5.41) is 11.9. The van der Waals surface area contributed by atoms with E-state index in [1.807, 2.05) is 60.7 Å². The van der Waals surface area contributed by atoms with E-state index in [0.29, 0.717) is 0 Å². The third-order valence-electron chi connectivity index (χ3n) is 7.77. The smallest absolute Gasteiger partial charge is 0.303 e. The van der Waals surface area contributed by atoms with Gasteiger partial charge >= 0.3 is 23.9 Å². The van der Waals surface area contributed by atoms with E-state index in [9.17, 15) is 24.3 Å². The van der Waals surface area contributed by atoms with Gasteiger partial charge in [0.25, 0.3) is 0 Å². The van der Waals surface area contributed by atoms with E-state index < -0.39 is 91.9 Å². The molecule has 2 aromatic rings. The van der Waals surface area contributed by atoms with Crippen molar-refractivity contribution in [3.05, 3.63) is 71.8 Å². The van der Waals surface area contributed by atoms with E-state index in [4.69, 9.17) is 47.4 Å². The van der Waals surface area contributed by atoms with Crippen LogP contribution in [-0.2, 0) is 79.8 Å². The lowest BCUT2D eigenvalue weighted by Gasteiger charge is -2.48. The zero-order valence-corrected chi connectivity index (χ0v) is 28.5. The van der Waals surface area contributed by atoms with Crippen LogP contribution in [-0.4, -0.2) is 111 Å². The summed E-state index contributed by atoms with van der Waals surface area (Å²) in [7, 11) is 1.34. The molecule has 0 spiro atoms. The summed E-state index contributed by atoms with van der Waals surface area (Å²) < 4.78 is 58.0. The Morgan fingerprint density at radius 3 is 1.70 bits per heavy atom. The number of benzene rings is 2. The zero-order valence-electron chi connectivity index (χ0n) is 28.5. The Balaban J connectivity index is 1.63. The van der Waals surface area contributed by atoms with Crippen LogP contribution in [0.3, 0.4) is 0 Å². The number of esters is 4. The molecule has 0 saturated carbocycles. The van der Waals surface area contributed by atoms with Gasteiger partial charge in [-0.1, -0.05) is 60.7 Å². The number of hydrogen-bond donors (Lipinski definition) is 1. The topological polar surface area (TPSA) is 181 Å². The van der Waals surface area contributed by atoms with Crippen LogP contribution in [0.25, 0.3) is 0 Å². The summed E-state index contributed by atoms with van der Waals surface area (Å²) in [6.07, 6.45) is -13.2. The number of ether oxygens (including phenoxy) is 10. The Hall–Kier alpha value is -3.96. The van der Waals surface area contributed by atoms with Crippen LogP contribution >= 0.6 is 0 Å². The van der Waals surface area contributed by atoms with Crippen LogP contribution in [0.1, 0.15) is 38.8 Å². The molecular weight excluding hydrogens is 660 g/mol. The van der Waals surface area contributed by atoms with Crippen LogP contribution in [0.15, 0.2) is 60.7 Å². The number of aliphatic hydroxyl groups is 1. The van der Waals surface area contributed by atoms with Gasteiger partial charge < -0.3 is 52.5 Å². The molecular formula is C35H44O15. The number of carbonyl (C=O) groups is 4. The molecule has 10 atom stereocenters. The van der Waals surface area contributed by atoms with Crippen molar-refractivity contribution in [1.82, 2.24) is 0 Å². The molecule has 274 valence electrons. The van der Waals surface area contributed by atoms with Gasteiger partial charge in [-0.05, 0) is 11.1 Å². The number of hydrogen-bond acceptors (Lipinski definition) is 15. The quantitative estimate of drug-likeness (QED) is 0.210. The second-order valence-electron chi connectivity index (χ2n) is 11.7. The second-order valence-corrected chi connectivity index (χ2v) is 11.7. The molecule has 4 rings (SSSR count). The van der Waals surface area contributed by atoms with Crippen molar-refractivity contribution in [3.63, 3.8) is 0 Å². The van der Waals surface area contributed by atoms with Crippen molar-refractivity contribution >= 4 is 23.9 Å². The summed E-state index contributed by atoms with van der Waals surface area (Å²) in [6.45, 7) is 4.42.